The quantitative estimate of drug-likeness (QED) is 0.447. The van der Waals surface area contributed by atoms with Gasteiger partial charge in [0.15, 0.2) is 0 Å². The van der Waals surface area contributed by atoms with Gasteiger partial charge in [-0.1, -0.05) is 6.07 Å². The molecule has 7 nitrogen and oxygen atoms in total. The summed E-state index contributed by atoms with van der Waals surface area (Å²) < 4.78 is 79.7. The third-order valence-corrected chi connectivity index (χ3v) is 8.28. The number of alkyl halides is 2. The zero-order valence-corrected chi connectivity index (χ0v) is 21.1. The second kappa shape index (κ2) is 10.7. The maximum atomic E-state index is 13.5. The Bertz CT molecular complexity index is 1260. The predicted molar refractivity (Wildman–Crippen MR) is 129 cm³/mol. The van der Waals surface area contributed by atoms with Crippen molar-refractivity contribution in [1.29, 1.82) is 0 Å². The molecular formula is C26H28F3NO6S. The average Bonchev–Trinajstić information content (AvgIpc) is 2.84. The molecule has 2 aliphatic rings. The Kier molecular flexibility index (Phi) is 7.82. The van der Waals surface area contributed by atoms with E-state index in [2.05, 4.69) is 0 Å². The second-order valence-corrected chi connectivity index (χ2v) is 11.4. The molecule has 0 spiro atoms. The number of Topliss-reactive ketones (excluding diaryl/α,β-unsaturated/α-hetero) is 1. The Labute approximate surface area is 213 Å². The Hall–Kier alpha value is -3.08. The highest BCUT2D eigenvalue weighted by molar-refractivity contribution is 7.92. The molecule has 11 heteroatoms. The van der Waals surface area contributed by atoms with Crippen molar-refractivity contribution in [1.82, 2.24) is 0 Å². The molecule has 200 valence electrons. The third kappa shape index (κ3) is 6.63. The van der Waals surface area contributed by atoms with E-state index in [1.807, 2.05) is 0 Å². The van der Waals surface area contributed by atoms with Crippen LogP contribution < -0.4 is 9.04 Å². The maximum Gasteiger partial charge on any atom is 0.310 e. The number of hydrogen-bond acceptors (Lipinski definition) is 6. The van der Waals surface area contributed by atoms with E-state index in [-0.39, 0.29) is 67.2 Å². The topological polar surface area (TPSA) is 90.0 Å². The number of sulfonamides is 1. The van der Waals surface area contributed by atoms with Crippen molar-refractivity contribution in [3.05, 3.63) is 53.8 Å². The minimum atomic E-state index is -4.13. The minimum absolute atomic E-state index is 0.0575. The van der Waals surface area contributed by atoms with Gasteiger partial charge in [-0.25, -0.2) is 21.6 Å². The van der Waals surface area contributed by atoms with Crippen LogP contribution in [0.2, 0.25) is 0 Å². The second-order valence-electron chi connectivity index (χ2n) is 9.49. The average molecular weight is 540 g/mol. The van der Waals surface area contributed by atoms with Gasteiger partial charge in [-0.05, 0) is 68.1 Å². The lowest BCUT2D eigenvalue weighted by molar-refractivity contribution is -0.154. The number of ether oxygens (including phenoxy) is 2. The predicted octanol–water partition coefficient (Wildman–Crippen LogP) is 4.81. The number of carbonyl (C=O) groups is 2. The van der Waals surface area contributed by atoms with E-state index >= 15 is 0 Å². The largest absolute Gasteiger partial charge is 0.486 e. The van der Waals surface area contributed by atoms with Gasteiger partial charge < -0.3 is 14.3 Å². The summed E-state index contributed by atoms with van der Waals surface area (Å²) in [5.41, 5.74) is 0.654. The number of nitrogens with zero attached hydrogens (tertiary/aromatic N) is 1. The van der Waals surface area contributed by atoms with Gasteiger partial charge in [0.2, 0.25) is 5.92 Å². The molecule has 0 unspecified atom stereocenters. The molecule has 4 rings (SSSR count). The molecule has 0 aromatic heterocycles. The van der Waals surface area contributed by atoms with Gasteiger partial charge in [0.1, 0.15) is 29.6 Å². The Balaban J connectivity index is 1.56. The fourth-order valence-electron chi connectivity index (χ4n) is 4.47. The summed E-state index contributed by atoms with van der Waals surface area (Å²) in [6.45, 7) is 1.36. The Morgan fingerprint density at radius 2 is 1.78 bits per heavy atom. The number of fused-ring (bicyclic) bond motifs is 1. The number of benzene rings is 2. The smallest absolute Gasteiger partial charge is 0.310 e. The first kappa shape index (κ1) is 27.0. The molecule has 0 bridgehead atoms. The van der Waals surface area contributed by atoms with E-state index in [0.29, 0.717) is 12.0 Å². The summed E-state index contributed by atoms with van der Waals surface area (Å²) in [6, 6.07) is 9.09. The summed E-state index contributed by atoms with van der Waals surface area (Å²) in [4.78, 5) is 23.9. The number of hydrogen-bond donors (Lipinski definition) is 0. The number of rotatable bonds is 8. The van der Waals surface area contributed by atoms with Crippen molar-refractivity contribution < 1.29 is 40.7 Å². The summed E-state index contributed by atoms with van der Waals surface area (Å²) in [5, 5.41) is 0. The molecule has 1 fully saturated rings. The van der Waals surface area contributed by atoms with Crippen LogP contribution in [-0.2, 0) is 30.8 Å². The molecular weight excluding hydrogens is 511 g/mol. The highest BCUT2D eigenvalue weighted by atomic mass is 32.2. The molecule has 2 aromatic carbocycles. The molecule has 1 heterocycles. The summed E-state index contributed by atoms with van der Waals surface area (Å²) >= 11 is 0. The molecule has 0 amide bonds. The molecule has 1 atom stereocenters. The lowest BCUT2D eigenvalue weighted by Gasteiger charge is -2.35. The van der Waals surface area contributed by atoms with E-state index < -0.39 is 39.9 Å². The highest BCUT2D eigenvalue weighted by Crippen LogP contribution is 2.39. The van der Waals surface area contributed by atoms with Crippen LogP contribution in [0.5, 0.6) is 5.75 Å². The van der Waals surface area contributed by atoms with Crippen molar-refractivity contribution in [3.8, 4) is 5.75 Å². The molecule has 37 heavy (non-hydrogen) atoms. The lowest BCUT2D eigenvalue weighted by Crippen LogP contribution is -2.43. The van der Waals surface area contributed by atoms with Crippen LogP contribution in [0, 0.1) is 5.82 Å². The van der Waals surface area contributed by atoms with Crippen LogP contribution in [0.25, 0.3) is 0 Å². The summed E-state index contributed by atoms with van der Waals surface area (Å²) in [5.74, 6) is -3.71. The van der Waals surface area contributed by atoms with Crippen molar-refractivity contribution in [3.63, 3.8) is 0 Å². The number of ketones is 1. The van der Waals surface area contributed by atoms with E-state index in [1.165, 1.54) is 25.1 Å². The summed E-state index contributed by atoms with van der Waals surface area (Å²) in [6.07, 6.45) is -1.33. The van der Waals surface area contributed by atoms with Crippen molar-refractivity contribution >= 4 is 27.5 Å². The lowest BCUT2D eigenvalue weighted by atomic mass is 9.94. The maximum absolute atomic E-state index is 13.5. The van der Waals surface area contributed by atoms with Gasteiger partial charge in [-0.15, -0.1) is 0 Å². The summed E-state index contributed by atoms with van der Waals surface area (Å²) in [7, 11) is -4.13. The zero-order valence-electron chi connectivity index (χ0n) is 20.3. The monoisotopic (exact) mass is 539 g/mol. The van der Waals surface area contributed by atoms with Gasteiger partial charge in [0.25, 0.3) is 10.0 Å². The molecule has 0 N–H and O–H groups in total. The van der Waals surface area contributed by atoms with Crippen LogP contribution >= 0.6 is 0 Å². The van der Waals surface area contributed by atoms with Gasteiger partial charge >= 0.3 is 5.97 Å². The van der Waals surface area contributed by atoms with Gasteiger partial charge in [0, 0.05) is 19.3 Å². The van der Waals surface area contributed by atoms with Crippen LogP contribution in [0.15, 0.2) is 47.4 Å². The number of anilines is 1. The number of carbonyl (C=O) groups excluding carboxylic acids is 2. The van der Waals surface area contributed by atoms with Crippen LogP contribution in [0.1, 0.15) is 51.0 Å². The first-order chi connectivity index (χ1) is 17.4. The van der Waals surface area contributed by atoms with Crippen molar-refractivity contribution in [2.24, 2.45) is 0 Å². The molecule has 0 radical (unpaired) electrons. The normalized spacial score (nSPS) is 19.6. The zero-order chi connectivity index (χ0) is 26.8. The molecule has 0 saturated heterocycles. The van der Waals surface area contributed by atoms with Crippen LogP contribution in [-0.4, -0.2) is 44.8 Å². The van der Waals surface area contributed by atoms with Crippen LogP contribution in [0.3, 0.4) is 0 Å². The minimum Gasteiger partial charge on any atom is -0.486 e. The number of esters is 1. The standard InChI is InChI=1S/C26H28F3NO6S/c1-17(31)2-6-21-16-30(37(33,34)22-7-4-19(27)5-8-22)23-14-18(3-9-24(23)35-21)15-25(32)36-20-10-12-26(28,29)13-11-20/h3-5,7-9,14,20-21H,2,6,10-13,15-16H2,1H3/t21-/m0/s1. The van der Waals surface area contributed by atoms with E-state index in [9.17, 15) is 31.2 Å². The number of halogens is 3. The molecule has 1 aliphatic heterocycles. The molecule has 2 aromatic rings. The SMILES string of the molecule is CC(=O)CC[C@H]1CN(S(=O)(=O)c2ccc(F)cc2)c2cc(CC(=O)OC3CCC(F)(F)CC3)ccc2O1. The fourth-order valence-corrected chi connectivity index (χ4v) is 5.97. The fraction of sp³-hybridized carbons (Fsp3) is 0.462. The Morgan fingerprint density at radius 1 is 1.11 bits per heavy atom. The van der Waals surface area contributed by atoms with Gasteiger partial charge in [-0.3, -0.25) is 9.10 Å². The molecule has 1 saturated carbocycles. The third-order valence-electron chi connectivity index (χ3n) is 6.49. The van der Waals surface area contributed by atoms with E-state index in [1.54, 1.807) is 12.1 Å². The van der Waals surface area contributed by atoms with E-state index in [0.717, 1.165) is 16.4 Å². The molecule has 1 aliphatic carbocycles. The van der Waals surface area contributed by atoms with E-state index in [4.69, 9.17) is 9.47 Å². The first-order valence-corrected chi connectivity index (χ1v) is 13.5. The van der Waals surface area contributed by atoms with Crippen LogP contribution in [0.4, 0.5) is 18.9 Å². The highest BCUT2D eigenvalue weighted by Gasteiger charge is 2.37. The van der Waals surface area contributed by atoms with Gasteiger partial charge in [0.05, 0.1) is 23.5 Å². The first-order valence-electron chi connectivity index (χ1n) is 12.1. The van der Waals surface area contributed by atoms with Gasteiger partial charge in [-0.2, -0.15) is 0 Å². The Morgan fingerprint density at radius 3 is 2.43 bits per heavy atom. The van der Waals surface area contributed by atoms with Crippen molar-refractivity contribution in [2.75, 3.05) is 10.8 Å². The van der Waals surface area contributed by atoms with Crippen molar-refractivity contribution in [2.45, 2.75) is 74.9 Å².